The number of benzene rings is 2. The molecule has 0 aliphatic rings. The highest BCUT2D eigenvalue weighted by Crippen LogP contribution is 2.42. The van der Waals surface area contributed by atoms with Crippen molar-refractivity contribution in [2.75, 3.05) is 0 Å². The van der Waals surface area contributed by atoms with Crippen molar-refractivity contribution < 1.29 is 9.52 Å². The lowest BCUT2D eigenvalue weighted by molar-refractivity contribution is 0.423. The number of phenolic OH excluding ortho intramolecular Hbond substituents is 1. The Hall–Kier alpha value is -2.29. The fourth-order valence-corrected chi connectivity index (χ4v) is 3.06. The van der Waals surface area contributed by atoms with Gasteiger partial charge in [0, 0.05) is 16.7 Å². The molecule has 0 amide bonds. The van der Waals surface area contributed by atoms with Gasteiger partial charge in [-0.3, -0.25) is 0 Å². The van der Waals surface area contributed by atoms with Crippen molar-refractivity contribution in [1.29, 1.82) is 0 Å². The second-order valence-electron chi connectivity index (χ2n) is 8.91. The Morgan fingerprint density at radius 2 is 1.44 bits per heavy atom. The van der Waals surface area contributed by atoms with Crippen LogP contribution in [-0.4, -0.2) is 10.1 Å². The summed E-state index contributed by atoms with van der Waals surface area (Å²) in [5.74, 6) is 0.965. The van der Waals surface area contributed by atoms with Gasteiger partial charge in [0.2, 0.25) is 5.89 Å². The van der Waals surface area contributed by atoms with Gasteiger partial charge in [0.05, 0.1) is 0 Å². The number of fused-ring (bicyclic) bond motifs is 1. The van der Waals surface area contributed by atoms with Crippen LogP contribution in [0.4, 0.5) is 0 Å². The van der Waals surface area contributed by atoms with E-state index >= 15 is 0 Å². The molecule has 3 heteroatoms. The van der Waals surface area contributed by atoms with Crippen LogP contribution < -0.4 is 0 Å². The van der Waals surface area contributed by atoms with Gasteiger partial charge in [0.1, 0.15) is 11.3 Å². The summed E-state index contributed by atoms with van der Waals surface area (Å²) in [6.07, 6.45) is 0. The van der Waals surface area contributed by atoms with Gasteiger partial charge in [-0.15, -0.1) is 0 Å². The van der Waals surface area contributed by atoms with Gasteiger partial charge >= 0.3 is 0 Å². The molecule has 1 N–H and O–H groups in total. The number of hydrogen-bond acceptors (Lipinski definition) is 3. The van der Waals surface area contributed by atoms with Gasteiger partial charge in [-0.25, -0.2) is 4.98 Å². The number of hydrogen-bond donors (Lipinski definition) is 1. The maximum absolute atomic E-state index is 10.9. The molecule has 25 heavy (non-hydrogen) atoms. The first-order valence-electron chi connectivity index (χ1n) is 8.72. The molecule has 0 unspecified atom stereocenters. The van der Waals surface area contributed by atoms with Crippen LogP contribution in [0.2, 0.25) is 0 Å². The SMILES string of the molecule is Cc1ccc2nc(-c3cc(C(C)(C)C)c(O)c(C(C)(C)C)c3)oc2c1. The zero-order valence-electron chi connectivity index (χ0n) is 16.2. The van der Waals surface area contributed by atoms with Crippen molar-refractivity contribution in [3.05, 3.63) is 47.0 Å². The van der Waals surface area contributed by atoms with E-state index in [1.54, 1.807) is 0 Å². The Kier molecular flexibility index (Phi) is 3.94. The summed E-state index contributed by atoms with van der Waals surface area (Å²) in [6.45, 7) is 14.7. The van der Waals surface area contributed by atoms with Gasteiger partial charge in [-0.05, 0) is 47.6 Å². The lowest BCUT2D eigenvalue weighted by Crippen LogP contribution is -2.17. The van der Waals surface area contributed by atoms with Crippen LogP contribution in [0.3, 0.4) is 0 Å². The molecule has 0 aliphatic carbocycles. The van der Waals surface area contributed by atoms with Crippen molar-refractivity contribution in [1.82, 2.24) is 4.98 Å². The third-order valence-electron chi connectivity index (χ3n) is 4.52. The number of nitrogens with zero attached hydrogens (tertiary/aromatic N) is 1. The van der Waals surface area contributed by atoms with Gasteiger partial charge < -0.3 is 9.52 Å². The van der Waals surface area contributed by atoms with Gasteiger partial charge in [0.15, 0.2) is 5.58 Å². The summed E-state index contributed by atoms with van der Waals surface area (Å²) in [5, 5.41) is 10.9. The van der Waals surface area contributed by atoms with E-state index in [4.69, 9.17) is 4.42 Å². The second-order valence-corrected chi connectivity index (χ2v) is 8.91. The largest absolute Gasteiger partial charge is 0.507 e. The van der Waals surface area contributed by atoms with Crippen LogP contribution in [0.15, 0.2) is 34.7 Å². The molecule has 0 atom stereocenters. The topological polar surface area (TPSA) is 46.3 Å². The molecule has 0 radical (unpaired) electrons. The summed E-state index contributed by atoms with van der Waals surface area (Å²) in [6, 6.07) is 10.0. The van der Waals surface area contributed by atoms with Crippen LogP contribution in [0.5, 0.6) is 5.75 Å². The Morgan fingerprint density at radius 1 is 0.880 bits per heavy atom. The van der Waals surface area contributed by atoms with Gasteiger partial charge in [-0.2, -0.15) is 0 Å². The highest BCUT2D eigenvalue weighted by molar-refractivity contribution is 5.77. The maximum Gasteiger partial charge on any atom is 0.227 e. The maximum atomic E-state index is 10.9. The van der Waals surface area contributed by atoms with Crippen LogP contribution in [0.25, 0.3) is 22.6 Å². The molecule has 1 aromatic heterocycles. The van der Waals surface area contributed by atoms with Crippen LogP contribution >= 0.6 is 0 Å². The van der Waals surface area contributed by atoms with E-state index < -0.39 is 0 Å². The summed E-state index contributed by atoms with van der Waals surface area (Å²) in [7, 11) is 0. The average Bonchev–Trinajstić information content (AvgIpc) is 2.87. The minimum absolute atomic E-state index is 0.178. The Labute approximate surface area is 149 Å². The van der Waals surface area contributed by atoms with Crippen LogP contribution in [-0.2, 0) is 10.8 Å². The van der Waals surface area contributed by atoms with E-state index in [0.29, 0.717) is 11.6 Å². The van der Waals surface area contributed by atoms with Gasteiger partial charge in [0.25, 0.3) is 0 Å². The lowest BCUT2D eigenvalue weighted by Gasteiger charge is -2.27. The molecule has 1 heterocycles. The van der Waals surface area contributed by atoms with E-state index in [9.17, 15) is 5.11 Å². The second kappa shape index (κ2) is 5.62. The normalized spacial score (nSPS) is 12.8. The molecule has 0 spiro atoms. The number of aromatic hydroxyl groups is 1. The summed E-state index contributed by atoms with van der Waals surface area (Å²) in [4.78, 5) is 4.65. The van der Waals surface area contributed by atoms with Crippen LogP contribution in [0.1, 0.15) is 58.2 Å². The molecule has 2 aromatic carbocycles. The molecule has 0 saturated carbocycles. The van der Waals surface area contributed by atoms with E-state index in [2.05, 4.69) is 46.5 Å². The third kappa shape index (κ3) is 3.28. The molecule has 3 aromatic rings. The quantitative estimate of drug-likeness (QED) is 0.583. The summed E-state index contributed by atoms with van der Waals surface area (Å²) >= 11 is 0. The summed E-state index contributed by atoms with van der Waals surface area (Å²) in [5.41, 5.74) is 5.15. The van der Waals surface area contributed by atoms with Crippen molar-refractivity contribution in [3.8, 4) is 17.2 Å². The standard InChI is InChI=1S/C22H27NO2/c1-13-8-9-17-18(10-13)25-20(23-17)14-11-15(21(2,3)4)19(24)16(12-14)22(5,6)7/h8-12,24H,1-7H3. The highest BCUT2D eigenvalue weighted by atomic mass is 16.3. The fraction of sp³-hybridized carbons (Fsp3) is 0.409. The molecular formula is C22H27NO2. The zero-order valence-corrected chi connectivity index (χ0v) is 16.2. The predicted molar refractivity (Wildman–Crippen MR) is 103 cm³/mol. The van der Waals surface area contributed by atoms with E-state index in [1.165, 1.54) is 0 Å². The molecule has 132 valence electrons. The number of phenols is 1. The first-order valence-corrected chi connectivity index (χ1v) is 8.72. The van der Waals surface area contributed by atoms with Gasteiger partial charge in [-0.1, -0.05) is 47.6 Å². The molecular weight excluding hydrogens is 310 g/mol. The number of aryl methyl sites for hydroxylation is 1. The van der Waals surface area contributed by atoms with Crippen molar-refractivity contribution in [3.63, 3.8) is 0 Å². The first-order chi connectivity index (χ1) is 11.5. The molecule has 3 nitrogen and oxygen atoms in total. The average molecular weight is 337 g/mol. The van der Waals surface area contributed by atoms with Crippen molar-refractivity contribution in [2.45, 2.75) is 59.3 Å². The molecule has 0 saturated heterocycles. The zero-order chi connectivity index (χ0) is 18.6. The molecule has 0 bridgehead atoms. The minimum Gasteiger partial charge on any atom is -0.507 e. The monoisotopic (exact) mass is 337 g/mol. The molecule has 0 fully saturated rings. The van der Waals surface area contributed by atoms with Crippen LogP contribution in [0, 0.1) is 6.92 Å². The first kappa shape index (κ1) is 17.5. The van der Waals surface area contributed by atoms with Crippen molar-refractivity contribution in [2.24, 2.45) is 0 Å². The smallest absolute Gasteiger partial charge is 0.227 e. The number of aromatic nitrogens is 1. The lowest BCUT2D eigenvalue weighted by atomic mass is 9.78. The Balaban J connectivity index is 2.27. The number of rotatable bonds is 1. The highest BCUT2D eigenvalue weighted by Gasteiger charge is 2.27. The van der Waals surface area contributed by atoms with E-state index in [0.717, 1.165) is 33.4 Å². The predicted octanol–water partition coefficient (Wildman–Crippen LogP) is 6.10. The number of oxazole rings is 1. The van der Waals surface area contributed by atoms with E-state index in [-0.39, 0.29) is 10.8 Å². The molecule has 3 rings (SSSR count). The molecule has 0 aliphatic heterocycles. The minimum atomic E-state index is -0.178. The van der Waals surface area contributed by atoms with Crippen molar-refractivity contribution >= 4 is 11.1 Å². The third-order valence-corrected chi connectivity index (χ3v) is 4.52. The summed E-state index contributed by atoms with van der Waals surface area (Å²) < 4.78 is 6.02. The fourth-order valence-electron chi connectivity index (χ4n) is 3.06. The van der Waals surface area contributed by atoms with E-state index in [1.807, 2.05) is 37.3 Å². The Morgan fingerprint density at radius 3 is 1.96 bits per heavy atom. The Bertz CT molecular complexity index is 902.